The van der Waals surface area contributed by atoms with Crippen molar-refractivity contribution in [3.63, 3.8) is 0 Å². The normalized spacial score (nSPS) is 15.9. The average molecular weight is 417 g/mol. The van der Waals surface area contributed by atoms with E-state index in [0.29, 0.717) is 32.9 Å². The Hall–Kier alpha value is -2.08. The van der Waals surface area contributed by atoms with Crippen LogP contribution in [0.1, 0.15) is 30.5 Å². The monoisotopic (exact) mass is 416 g/mol. The van der Waals surface area contributed by atoms with Gasteiger partial charge < -0.3 is 14.4 Å². The summed E-state index contributed by atoms with van der Waals surface area (Å²) >= 11 is 6.09. The van der Waals surface area contributed by atoms with Crippen LogP contribution in [-0.2, 0) is 9.47 Å². The number of piperazine rings is 1. The van der Waals surface area contributed by atoms with Crippen molar-refractivity contribution in [3.05, 3.63) is 70.7 Å². The maximum absolute atomic E-state index is 12.3. The quantitative estimate of drug-likeness (QED) is 0.589. The van der Waals surface area contributed by atoms with Gasteiger partial charge in [0.2, 0.25) is 0 Å². The molecule has 1 saturated heterocycles. The van der Waals surface area contributed by atoms with Gasteiger partial charge in [-0.05, 0) is 29.7 Å². The molecule has 0 radical (unpaired) electrons. The highest BCUT2D eigenvalue weighted by molar-refractivity contribution is 6.30. The topological polar surface area (TPSA) is 42.0 Å². The van der Waals surface area contributed by atoms with Crippen molar-refractivity contribution in [3.8, 4) is 0 Å². The van der Waals surface area contributed by atoms with Crippen LogP contribution in [0.15, 0.2) is 54.6 Å². The van der Waals surface area contributed by atoms with Gasteiger partial charge in [0.25, 0.3) is 0 Å². The molecule has 0 N–H and O–H groups in total. The van der Waals surface area contributed by atoms with Gasteiger partial charge in [0, 0.05) is 37.8 Å². The maximum Gasteiger partial charge on any atom is 0.409 e. The van der Waals surface area contributed by atoms with Crippen molar-refractivity contribution in [2.24, 2.45) is 0 Å². The number of hydrogen-bond donors (Lipinski definition) is 0. The molecule has 1 atom stereocenters. The second-order valence-electron chi connectivity index (χ2n) is 7.11. The summed E-state index contributed by atoms with van der Waals surface area (Å²) in [6.07, 6.45) is 0.707. The molecule has 0 spiro atoms. The first-order chi connectivity index (χ1) is 14.2. The number of rotatable bonds is 8. The number of amides is 1. The van der Waals surface area contributed by atoms with E-state index in [9.17, 15) is 4.79 Å². The third kappa shape index (κ3) is 6.20. The van der Waals surface area contributed by atoms with Gasteiger partial charge in [0.05, 0.1) is 12.6 Å². The summed E-state index contributed by atoms with van der Waals surface area (Å²) < 4.78 is 10.7. The first kappa shape index (κ1) is 21.6. The molecule has 1 heterocycles. The maximum atomic E-state index is 12.3. The fraction of sp³-hybridized carbons (Fsp3) is 0.435. The lowest BCUT2D eigenvalue weighted by Crippen LogP contribution is -2.50. The molecule has 1 amide bonds. The van der Waals surface area contributed by atoms with Crippen molar-refractivity contribution in [2.45, 2.75) is 19.4 Å². The summed E-state index contributed by atoms with van der Waals surface area (Å²) in [4.78, 5) is 16.5. The predicted octanol–water partition coefficient (Wildman–Crippen LogP) is 4.61. The van der Waals surface area contributed by atoms with E-state index in [1.54, 1.807) is 4.90 Å². The number of nitrogens with zero attached hydrogens (tertiary/aromatic N) is 2. The fourth-order valence-electron chi connectivity index (χ4n) is 3.58. The summed E-state index contributed by atoms with van der Waals surface area (Å²) in [5.41, 5.74) is 2.43. The lowest BCUT2D eigenvalue weighted by molar-refractivity contribution is 0.0411. The second kappa shape index (κ2) is 11.2. The highest BCUT2D eigenvalue weighted by Crippen LogP contribution is 2.30. The highest BCUT2D eigenvalue weighted by atomic mass is 35.5. The average Bonchev–Trinajstić information content (AvgIpc) is 2.76. The van der Waals surface area contributed by atoms with Gasteiger partial charge in [-0.25, -0.2) is 4.79 Å². The van der Waals surface area contributed by atoms with Crippen molar-refractivity contribution in [2.75, 3.05) is 46.0 Å². The molecular weight excluding hydrogens is 388 g/mol. The standard InChI is InChI=1S/C23H29ClN2O3/c1-2-16-28-17-18-29-23(27)26-14-12-25(13-15-26)22(19-6-4-3-5-7-19)20-8-10-21(24)11-9-20/h3-11,22H,2,12-18H2,1H3. The summed E-state index contributed by atoms with van der Waals surface area (Å²) in [7, 11) is 0. The Morgan fingerprint density at radius 1 is 0.931 bits per heavy atom. The molecule has 1 aliphatic heterocycles. The minimum absolute atomic E-state index is 0.133. The molecule has 6 heteroatoms. The van der Waals surface area contributed by atoms with Gasteiger partial charge in [-0.3, -0.25) is 4.90 Å². The second-order valence-corrected chi connectivity index (χ2v) is 7.55. The summed E-state index contributed by atoms with van der Waals surface area (Å²) in [5, 5.41) is 0.732. The molecule has 156 valence electrons. The molecule has 0 aliphatic carbocycles. The molecule has 5 nitrogen and oxygen atoms in total. The number of hydrogen-bond acceptors (Lipinski definition) is 4. The van der Waals surface area contributed by atoms with E-state index in [2.05, 4.69) is 48.2 Å². The highest BCUT2D eigenvalue weighted by Gasteiger charge is 2.28. The lowest BCUT2D eigenvalue weighted by atomic mass is 9.96. The molecular formula is C23H29ClN2O3. The van der Waals surface area contributed by atoms with Crippen molar-refractivity contribution in [1.29, 1.82) is 0 Å². The van der Waals surface area contributed by atoms with Crippen LogP contribution in [0.2, 0.25) is 5.02 Å². The summed E-state index contributed by atoms with van der Waals surface area (Å²) in [6, 6.07) is 18.6. The fourth-order valence-corrected chi connectivity index (χ4v) is 3.71. The minimum atomic E-state index is -0.257. The van der Waals surface area contributed by atoms with Crippen LogP contribution in [0.3, 0.4) is 0 Å². The summed E-state index contributed by atoms with van der Waals surface area (Å²) in [6.45, 7) is 6.35. The van der Waals surface area contributed by atoms with E-state index in [1.807, 2.05) is 18.2 Å². The minimum Gasteiger partial charge on any atom is -0.447 e. The van der Waals surface area contributed by atoms with Gasteiger partial charge in [0.15, 0.2) is 0 Å². The van der Waals surface area contributed by atoms with Crippen LogP contribution >= 0.6 is 11.6 Å². The number of halogens is 1. The van der Waals surface area contributed by atoms with Crippen molar-refractivity contribution < 1.29 is 14.3 Å². The third-order valence-electron chi connectivity index (χ3n) is 5.04. The van der Waals surface area contributed by atoms with Crippen LogP contribution in [0.5, 0.6) is 0 Å². The van der Waals surface area contributed by atoms with Gasteiger partial charge in [-0.15, -0.1) is 0 Å². The Labute approximate surface area is 178 Å². The smallest absolute Gasteiger partial charge is 0.409 e. The van der Waals surface area contributed by atoms with E-state index in [1.165, 1.54) is 11.1 Å². The van der Waals surface area contributed by atoms with Gasteiger partial charge >= 0.3 is 6.09 Å². The van der Waals surface area contributed by atoms with Gasteiger partial charge in [-0.1, -0.05) is 61.0 Å². The van der Waals surface area contributed by atoms with Gasteiger partial charge in [-0.2, -0.15) is 0 Å². The molecule has 2 aromatic rings. The van der Waals surface area contributed by atoms with E-state index in [0.717, 1.165) is 24.5 Å². The van der Waals surface area contributed by atoms with Crippen LogP contribution in [0.4, 0.5) is 4.79 Å². The molecule has 1 fully saturated rings. The third-order valence-corrected chi connectivity index (χ3v) is 5.29. The Balaban J connectivity index is 1.60. The molecule has 1 aliphatic rings. The molecule has 0 bridgehead atoms. The first-order valence-electron chi connectivity index (χ1n) is 10.2. The Morgan fingerprint density at radius 2 is 1.59 bits per heavy atom. The van der Waals surface area contributed by atoms with Gasteiger partial charge in [0.1, 0.15) is 6.61 Å². The van der Waals surface area contributed by atoms with E-state index in [-0.39, 0.29) is 12.1 Å². The molecule has 2 aromatic carbocycles. The van der Waals surface area contributed by atoms with E-state index >= 15 is 0 Å². The zero-order valence-corrected chi connectivity index (χ0v) is 17.7. The van der Waals surface area contributed by atoms with Crippen LogP contribution in [0, 0.1) is 0 Å². The van der Waals surface area contributed by atoms with Crippen LogP contribution in [-0.4, -0.2) is 61.9 Å². The SMILES string of the molecule is CCCOCCOC(=O)N1CCN(C(c2ccccc2)c2ccc(Cl)cc2)CC1. The predicted molar refractivity (Wildman–Crippen MR) is 115 cm³/mol. The van der Waals surface area contributed by atoms with Crippen LogP contribution in [0.25, 0.3) is 0 Å². The largest absolute Gasteiger partial charge is 0.447 e. The molecule has 0 saturated carbocycles. The first-order valence-corrected chi connectivity index (χ1v) is 10.6. The van der Waals surface area contributed by atoms with Crippen molar-refractivity contribution >= 4 is 17.7 Å². The molecule has 29 heavy (non-hydrogen) atoms. The summed E-state index contributed by atoms with van der Waals surface area (Å²) in [5.74, 6) is 0. The Morgan fingerprint density at radius 3 is 2.24 bits per heavy atom. The number of benzene rings is 2. The van der Waals surface area contributed by atoms with E-state index in [4.69, 9.17) is 21.1 Å². The Kier molecular flexibility index (Phi) is 8.35. The number of carbonyl (C=O) groups is 1. The number of carbonyl (C=O) groups excluding carboxylic acids is 1. The van der Waals surface area contributed by atoms with E-state index < -0.39 is 0 Å². The zero-order chi connectivity index (χ0) is 20.5. The number of ether oxygens (including phenoxy) is 2. The molecule has 3 rings (SSSR count). The lowest BCUT2D eigenvalue weighted by Gasteiger charge is -2.39. The van der Waals surface area contributed by atoms with Crippen LogP contribution < -0.4 is 0 Å². The molecule has 0 aromatic heterocycles. The molecule has 1 unspecified atom stereocenters. The van der Waals surface area contributed by atoms with Crippen molar-refractivity contribution in [1.82, 2.24) is 9.80 Å². The Bertz CT molecular complexity index is 746. The zero-order valence-electron chi connectivity index (χ0n) is 16.9.